The fourth-order valence-corrected chi connectivity index (χ4v) is 3.87. The monoisotopic (exact) mass is 434 g/mol. The summed E-state index contributed by atoms with van der Waals surface area (Å²) in [5, 5.41) is 8.62. The summed E-state index contributed by atoms with van der Waals surface area (Å²) in [6, 6.07) is 4.03. The third-order valence-electron chi connectivity index (χ3n) is 5.33. The maximum absolute atomic E-state index is 12.4. The molecule has 0 bridgehead atoms. The molecule has 1 N–H and O–H groups in total. The van der Waals surface area contributed by atoms with Crippen LogP contribution in [0.2, 0.25) is 0 Å². The molecule has 4 rings (SSSR count). The van der Waals surface area contributed by atoms with E-state index in [1.165, 1.54) is 5.06 Å². The lowest BCUT2D eigenvalue weighted by atomic mass is 9.91. The number of hydrogen-bond donors (Lipinski definition) is 1. The number of fused-ring (bicyclic) bond motifs is 1. The fourth-order valence-electron chi connectivity index (χ4n) is 3.87. The first-order valence-corrected chi connectivity index (χ1v) is 9.81. The average Bonchev–Trinajstić information content (AvgIpc) is 3.41. The SMILES string of the molecule is Cc1ccc(CN2CC[C@H]3C[C@H](C(=O)N4CCCO4)O[C@@H]3C2)o1.O=C(O)C(F)(F)F. The molecule has 0 aliphatic carbocycles. The zero-order valence-corrected chi connectivity index (χ0v) is 16.6. The van der Waals surface area contributed by atoms with Crippen molar-refractivity contribution in [3.8, 4) is 0 Å². The maximum atomic E-state index is 12.4. The number of halogens is 3. The van der Waals surface area contributed by atoms with E-state index < -0.39 is 12.1 Å². The number of aryl methyl sites for hydroxylation is 1. The molecule has 1 aromatic rings. The van der Waals surface area contributed by atoms with Crippen LogP contribution < -0.4 is 0 Å². The predicted octanol–water partition coefficient (Wildman–Crippen LogP) is 2.36. The molecule has 0 saturated carbocycles. The lowest BCUT2D eigenvalue weighted by Crippen LogP contribution is -2.42. The highest BCUT2D eigenvalue weighted by molar-refractivity contribution is 5.80. The smallest absolute Gasteiger partial charge is 0.475 e. The van der Waals surface area contributed by atoms with Gasteiger partial charge in [0.15, 0.2) is 0 Å². The van der Waals surface area contributed by atoms with Crippen LogP contribution in [-0.2, 0) is 25.7 Å². The Balaban J connectivity index is 0.000000318. The summed E-state index contributed by atoms with van der Waals surface area (Å²) in [7, 11) is 0. The van der Waals surface area contributed by atoms with Crippen molar-refractivity contribution in [1.82, 2.24) is 9.96 Å². The number of furan rings is 1. The minimum atomic E-state index is -5.08. The second-order valence-electron chi connectivity index (χ2n) is 7.63. The van der Waals surface area contributed by atoms with Crippen LogP contribution in [-0.4, -0.2) is 71.6 Å². The number of piperidine rings is 1. The Hall–Kier alpha value is -2.11. The molecular weight excluding hydrogens is 409 g/mol. The predicted molar refractivity (Wildman–Crippen MR) is 96.1 cm³/mol. The third-order valence-corrected chi connectivity index (χ3v) is 5.33. The van der Waals surface area contributed by atoms with Crippen LogP contribution in [0.25, 0.3) is 0 Å². The molecule has 0 spiro atoms. The second kappa shape index (κ2) is 9.36. The molecule has 30 heavy (non-hydrogen) atoms. The highest BCUT2D eigenvalue weighted by Crippen LogP contribution is 2.34. The van der Waals surface area contributed by atoms with Crippen LogP contribution in [0.3, 0.4) is 0 Å². The Morgan fingerprint density at radius 3 is 2.57 bits per heavy atom. The number of nitrogens with zero attached hydrogens (tertiary/aromatic N) is 2. The van der Waals surface area contributed by atoms with E-state index in [1.54, 1.807) is 0 Å². The number of carboxylic acid groups (broad SMARTS) is 1. The number of ether oxygens (including phenoxy) is 1. The number of carbonyl (C=O) groups is 2. The fraction of sp³-hybridized carbons (Fsp3) is 0.684. The van der Waals surface area contributed by atoms with Gasteiger partial charge in [-0.3, -0.25) is 14.5 Å². The van der Waals surface area contributed by atoms with Gasteiger partial charge < -0.3 is 14.3 Å². The number of hydroxylamine groups is 2. The molecule has 168 valence electrons. The van der Waals surface area contributed by atoms with Gasteiger partial charge in [-0.25, -0.2) is 9.86 Å². The summed E-state index contributed by atoms with van der Waals surface area (Å²) in [6.45, 7) is 6.01. The Morgan fingerprint density at radius 2 is 2.00 bits per heavy atom. The number of rotatable bonds is 3. The van der Waals surface area contributed by atoms with E-state index in [4.69, 9.17) is 23.9 Å². The quantitative estimate of drug-likeness (QED) is 0.781. The first-order valence-electron chi connectivity index (χ1n) is 9.81. The van der Waals surface area contributed by atoms with E-state index in [1.807, 2.05) is 19.1 Å². The summed E-state index contributed by atoms with van der Waals surface area (Å²) in [5.41, 5.74) is 0. The van der Waals surface area contributed by atoms with Gasteiger partial charge in [0.25, 0.3) is 5.91 Å². The summed E-state index contributed by atoms with van der Waals surface area (Å²) >= 11 is 0. The van der Waals surface area contributed by atoms with E-state index in [-0.39, 0.29) is 18.1 Å². The molecule has 1 aromatic heterocycles. The molecule has 0 aromatic carbocycles. The van der Waals surface area contributed by atoms with Gasteiger partial charge in [0.05, 0.1) is 25.8 Å². The number of alkyl halides is 3. The Morgan fingerprint density at radius 1 is 1.27 bits per heavy atom. The first-order chi connectivity index (χ1) is 14.1. The number of aliphatic carboxylic acids is 1. The van der Waals surface area contributed by atoms with Gasteiger partial charge in [-0.05, 0) is 50.8 Å². The van der Waals surface area contributed by atoms with Crippen LogP contribution in [0.1, 0.15) is 30.8 Å². The normalized spacial score (nSPS) is 26.8. The highest BCUT2D eigenvalue weighted by Gasteiger charge is 2.43. The van der Waals surface area contributed by atoms with Gasteiger partial charge in [-0.15, -0.1) is 0 Å². The van der Waals surface area contributed by atoms with E-state index in [9.17, 15) is 18.0 Å². The number of carboxylic acids is 1. The van der Waals surface area contributed by atoms with Gasteiger partial charge in [0, 0.05) is 6.54 Å². The summed E-state index contributed by atoms with van der Waals surface area (Å²) in [6.07, 6.45) is -2.43. The van der Waals surface area contributed by atoms with Crippen molar-refractivity contribution in [3.05, 3.63) is 23.7 Å². The van der Waals surface area contributed by atoms with Crippen molar-refractivity contribution in [3.63, 3.8) is 0 Å². The highest BCUT2D eigenvalue weighted by atomic mass is 19.4. The van der Waals surface area contributed by atoms with Crippen LogP contribution in [0.5, 0.6) is 0 Å². The first kappa shape index (κ1) is 22.6. The second-order valence-corrected chi connectivity index (χ2v) is 7.63. The van der Waals surface area contributed by atoms with Crippen molar-refractivity contribution in [2.45, 2.75) is 51.1 Å². The minimum absolute atomic E-state index is 0.00473. The van der Waals surface area contributed by atoms with Crippen molar-refractivity contribution in [2.75, 3.05) is 26.2 Å². The molecule has 0 unspecified atom stereocenters. The van der Waals surface area contributed by atoms with Gasteiger partial charge in [-0.2, -0.15) is 13.2 Å². The number of amides is 1. The third kappa shape index (κ3) is 5.73. The van der Waals surface area contributed by atoms with E-state index in [0.29, 0.717) is 19.1 Å². The molecular formula is C19H25F3N2O6. The number of carbonyl (C=O) groups excluding carboxylic acids is 1. The zero-order valence-electron chi connectivity index (χ0n) is 16.6. The molecule has 3 atom stereocenters. The van der Waals surface area contributed by atoms with Crippen molar-refractivity contribution in [2.24, 2.45) is 5.92 Å². The maximum Gasteiger partial charge on any atom is 0.490 e. The van der Waals surface area contributed by atoms with Crippen molar-refractivity contribution >= 4 is 11.9 Å². The van der Waals surface area contributed by atoms with Crippen LogP contribution >= 0.6 is 0 Å². The zero-order chi connectivity index (χ0) is 21.9. The molecule has 11 heteroatoms. The molecule has 3 fully saturated rings. The molecule has 1 amide bonds. The summed E-state index contributed by atoms with van der Waals surface area (Å²) in [5.74, 6) is -0.320. The van der Waals surface area contributed by atoms with Gasteiger partial charge >= 0.3 is 12.1 Å². The van der Waals surface area contributed by atoms with Crippen LogP contribution in [0.4, 0.5) is 13.2 Å². The standard InChI is InChI=1S/C17H24N2O4.C2HF3O2/c1-12-3-4-14(22-12)10-18-7-5-13-9-15(23-16(13)11-18)17(20)19-6-2-8-21-19;3-2(4,5)1(6)7/h3-4,13,15-16H,2,5-11H2,1H3;(H,6,7)/t13-,15+,16+;/m0./s1. The van der Waals surface area contributed by atoms with Crippen molar-refractivity contribution in [1.29, 1.82) is 0 Å². The number of likely N-dealkylation sites (tertiary alicyclic amines) is 1. The summed E-state index contributed by atoms with van der Waals surface area (Å²) < 4.78 is 43.5. The van der Waals surface area contributed by atoms with Gasteiger partial charge in [0.1, 0.15) is 17.6 Å². The largest absolute Gasteiger partial charge is 0.490 e. The molecule has 3 saturated heterocycles. The Kier molecular flexibility index (Phi) is 7.04. The molecule has 4 heterocycles. The van der Waals surface area contributed by atoms with Crippen LogP contribution in [0.15, 0.2) is 16.5 Å². The summed E-state index contributed by atoms with van der Waals surface area (Å²) in [4.78, 5) is 29.0. The average molecular weight is 434 g/mol. The Labute approximate surface area is 171 Å². The van der Waals surface area contributed by atoms with E-state index in [0.717, 1.165) is 50.4 Å². The molecule has 0 radical (unpaired) electrons. The number of hydrogen-bond acceptors (Lipinski definition) is 6. The minimum Gasteiger partial charge on any atom is -0.475 e. The van der Waals surface area contributed by atoms with E-state index >= 15 is 0 Å². The van der Waals surface area contributed by atoms with Gasteiger partial charge in [0.2, 0.25) is 0 Å². The molecule has 3 aliphatic heterocycles. The van der Waals surface area contributed by atoms with Crippen molar-refractivity contribution < 1.29 is 41.9 Å². The van der Waals surface area contributed by atoms with Gasteiger partial charge in [-0.1, -0.05) is 0 Å². The Bertz CT molecular complexity index is 747. The van der Waals surface area contributed by atoms with E-state index in [2.05, 4.69) is 4.90 Å². The topological polar surface area (TPSA) is 92.5 Å². The van der Waals surface area contributed by atoms with Crippen LogP contribution in [0, 0.1) is 12.8 Å². The molecule has 8 nitrogen and oxygen atoms in total. The lowest BCUT2D eigenvalue weighted by molar-refractivity contribution is -0.192. The molecule has 3 aliphatic rings. The lowest BCUT2D eigenvalue weighted by Gasteiger charge is -2.33.